The molecule has 1 aromatic heterocycles. The molecule has 86 valence electrons. The molecule has 0 aliphatic carbocycles. The van der Waals surface area contributed by atoms with Crippen molar-refractivity contribution < 1.29 is 4.92 Å². The summed E-state index contributed by atoms with van der Waals surface area (Å²) >= 11 is 1.98. The van der Waals surface area contributed by atoms with E-state index in [9.17, 15) is 10.1 Å². The Morgan fingerprint density at radius 1 is 1.62 bits per heavy atom. The number of nitro groups is 1. The highest BCUT2D eigenvalue weighted by Gasteiger charge is 2.15. The van der Waals surface area contributed by atoms with E-state index in [2.05, 4.69) is 10.3 Å². The molecule has 1 saturated heterocycles. The maximum Gasteiger partial charge on any atom is 0.363 e. The van der Waals surface area contributed by atoms with Gasteiger partial charge in [0, 0.05) is 17.9 Å². The Morgan fingerprint density at radius 3 is 3.06 bits per heavy atom. The summed E-state index contributed by atoms with van der Waals surface area (Å²) in [5.41, 5.74) is 0.845. The van der Waals surface area contributed by atoms with Crippen LogP contribution in [0.4, 0.5) is 11.5 Å². The number of aromatic nitrogens is 1. The third kappa shape index (κ3) is 2.85. The van der Waals surface area contributed by atoms with E-state index in [0.717, 1.165) is 12.2 Å². The van der Waals surface area contributed by atoms with Crippen molar-refractivity contribution in [1.29, 1.82) is 0 Å². The van der Waals surface area contributed by atoms with Crippen molar-refractivity contribution in [3.8, 4) is 0 Å². The minimum atomic E-state index is -0.489. The van der Waals surface area contributed by atoms with E-state index in [1.807, 2.05) is 11.8 Å². The summed E-state index contributed by atoms with van der Waals surface area (Å²) in [4.78, 5) is 13.7. The molecule has 1 unspecified atom stereocenters. The molecule has 1 N–H and O–H groups in total. The van der Waals surface area contributed by atoms with Crippen LogP contribution in [0.1, 0.15) is 12.8 Å². The smallest absolute Gasteiger partial charge is 0.363 e. The summed E-state index contributed by atoms with van der Waals surface area (Å²) in [6.07, 6.45) is 4.05. The lowest BCUT2D eigenvalue weighted by Crippen LogP contribution is -2.13. The lowest BCUT2D eigenvalue weighted by Gasteiger charge is -2.09. The number of thioether (sulfide) groups is 1. The first-order valence-corrected chi connectivity index (χ1v) is 6.26. The number of hydrogen-bond donors (Lipinski definition) is 1. The molecule has 2 heterocycles. The Morgan fingerprint density at radius 2 is 2.50 bits per heavy atom. The molecule has 0 bridgehead atoms. The molecule has 5 nitrogen and oxygen atoms in total. The average Bonchev–Trinajstić information content (AvgIpc) is 2.80. The van der Waals surface area contributed by atoms with Crippen molar-refractivity contribution in [2.45, 2.75) is 18.1 Å². The number of nitrogens with zero attached hydrogens (tertiary/aromatic N) is 2. The minimum Gasteiger partial charge on any atom is -0.381 e. The van der Waals surface area contributed by atoms with Crippen LogP contribution in [0.15, 0.2) is 18.3 Å². The van der Waals surface area contributed by atoms with E-state index in [4.69, 9.17) is 0 Å². The van der Waals surface area contributed by atoms with Crippen molar-refractivity contribution in [2.75, 3.05) is 17.6 Å². The Bertz CT molecular complexity index is 363. The lowest BCUT2D eigenvalue weighted by molar-refractivity contribution is -0.389. The van der Waals surface area contributed by atoms with Gasteiger partial charge in [-0.3, -0.25) is 0 Å². The van der Waals surface area contributed by atoms with Gasteiger partial charge in [-0.05, 0) is 34.6 Å². The van der Waals surface area contributed by atoms with E-state index in [1.54, 1.807) is 6.07 Å². The van der Waals surface area contributed by atoms with Crippen molar-refractivity contribution in [2.24, 2.45) is 0 Å². The second kappa shape index (κ2) is 5.16. The van der Waals surface area contributed by atoms with Gasteiger partial charge in [-0.25, -0.2) is 0 Å². The highest BCUT2D eigenvalue weighted by atomic mass is 32.2. The molecule has 2 rings (SSSR count). The number of anilines is 1. The zero-order chi connectivity index (χ0) is 11.4. The molecule has 0 amide bonds. The van der Waals surface area contributed by atoms with Crippen molar-refractivity contribution >= 4 is 23.3 Å². The maximum absolute atomic E-state index is 10.4. The van der Waals surface area contributed by atoms with Gasteiger partial charge in [0.25, 0.3) is 0 Å². The third-order valence-electron chi connectivity index (χ3n) is 2.49. The zero-order valence-corrected chi connectivity index (χ0v) is 9.57. The van der Waals surface area contributed by atoms with Gasteiger partial charge < -0.3 is 15.4 Å². The third-order valence-corrected chi connectivity index (χ3v) is 3.89. The van der Waals surface area contributed by atoms with Crippen LogP contribution in [-0.4, -0.2) is 27.5 Å². The molecule has 1 aliphatic heterocycles. The van der Waals surface area contributed by atoms with Crippen LogP contribution in [0.3, 0.4) is 0 Å². The summed E-state index contributed by atoms with van der Waals surface area (Å²) < 4.78 is 0. The second-order valence-electron chi connectivity index (χ2n) is 3.68. The molecule has 1 aromatic rings. The first-order valence-electron chi connectivity index (χ1n) is 5.21. The summed E-state index contributed by atoms with van der Waals surface area (Å²) in [6.45, 7) is 0.907. The van der Waals surface area contributed by atoms with Crippen molar-refractivity contribution in [3.05, 3.63) is 28.4 Å². The summed E-state index contributed by atoms with van der Waals surface area (Å²) in [5.74, 6) is 1.13. The van der Waals surface area contributed by atoms with Crippen molar-refractivity contribution in [1.82, 2.24) is 4.98 Å². The average molecular weight is 239 g/mol. The molecule has 6 heteroatoms. The fourth-order valence-corrected chi connectivity index (χ4v) is 2.84. The Hall–Kier alpha value is -1.30. The maximum atomic E-state index is 10.4. The molecular weight excluding hydrogens is 226 g/mol. The van der Waals surface area contributed by atoms with Crippen molar-refractivity contribution in [3.63, 3.8) is 0 Å². The minimum absolute atomic E-state index is 0.110. The lowest BCUT2D eigenvalue weighted by atomic mass is 10.2. The highest BCUT2D eigenvalue weighted by Crippen LogP contribution is 2.26. The largest absolute Gasteiger partial charge is 0.381 e. The van der Waals surface area contributed by atoms with Gasteiger partial charge in [-0.15, -0.1) is 0 Å². The summed E-state index contributed by atoms with van der Waals surface area (Å²) in [6, 6.07) is 3.12. The second-order valence-corrected chi connectivity index (χ2v) is 5.09. The molecule has 0 aromatic carbocycles. The van der Waals surface area contributed by atoms with Gasteiger partial charge in [0.2, 0.25) is 0 Å². The summed E-state index contributed by atoms with van der Waals surface area (Å²) in [5, 5.41) is 14.3. The van der Waals surface area contributed by atoms with Gasteiger partial charge in [0.15, 0.2) is 6.20 Å². The Labute approximate surface area is 97.8 Å². The molecule has 16 heavy (non-hydrogen) atoms. The number of rotatable bonds is 4. The van der Waals surface area contributed by atoms with Gasteiger partial charge in [-0.1, -0.05) is 0 Å². The topological polar surface area (TPSA) is 68.1 Å². The SMILES string of the molecule is O=[N+]([O-])c1ccc(NCC2CCCS2)cn1. The monoisotopic (exact) mass is 239 g/mol. The molecule has 0 spiro atoms. The van der Waals surface area contributed by atoms with E-state index in [1.165, 1.54) is 30.9 Å². The standard InChI is InChI=1S/C10H13N3O2S/c14-13(15)10-4-3-8(6-12-10)11-7-9-2-1-5-16-9/h3-4,6,9,11H,1-2,5,7H2. The van der Waals surface area contributed by atoms with Gasteiger partial charge in [-0.2, -0.15) is 11.8 Å². The fraction of sp³-hybridized carbons (Fsp3) is 0.500. The molecule has 0 radical (unpaired) electrons. The first kappa shape index (κ1) is 11.2. The van der Waals surface area contributed by atoms with Crippen LogP contribution in [-0.2, 0) is 0 Å². The quantitative estimate of drug-likeness (QED) is 0.645. The predicted octanol–water partition coefficient (Wildman–Crippen LogP) is 2.30. The van der Waals surface area contributed by atoms with Crippen LogP contribution < -0.4 is 5.32 Å². The van der Waals surface area contributed by atoms with E-state index < -0.39 is 4.92 Å². The normalized spacial score (nSPS) is 19.6. The molecule has 1 fully saturated rings. The highest BCUT2D eigenvalue weighted by molar-refractivity contribution is 8.00. The predicted molar refractivity (Wildman–Crippen MR) is 64.9 cm³/mol. The molecular formula is C10H13N3O2S. The summed E-state index contributed by atoms with van der Waals surface area (Å²) in [7, 11) is 0. The van der Waals surface area contributed by atoms with Crippen LogP contribution in [0.2, 0.25) is 0 Å². The molecule has 0 saturated carbocycles. The van der Waals surface area contributed by atoms with Gasteiger partial charge >= 0.3 is 5.82 Å². The van der Waals surface area contributed by atoms with Gasteiger partial charge in [0.05, 0.1) is 5.69 Å². The van der Waals surface area contributed by atoms with Crippen LogP contribution in [0.5, 0.6) is 0 Å². The van der Waals surface area contributed by atoms with E-state index >= 15 is 0 Å². The number of hydrogen-bond acceptors (Lipinski definition) is 5. The zero-order valence-electron chi connectivity index (χ0n) is 8.76. The number of pyridine rings is 1. The van der Waals surface area contributed by atoms with E-state index in [-0.39, 0.29) is 5.82 Å². The van der Waals surface area contributed by atoms with E-state index in [0.29, 0.717) is 5.25 Å². The Balaban J connectivity index is 1.87. The van der Waals surface area contributed by atoms with Crippen LogP contribution >= 0.6 is 11.8 Å². The Kier molecular flexibility index (Phi) is 3.61. The van der Waals surface area contributed by atoms with Gasteiger partial charge in [0.1, 0.15) is 0 Å². The number of nitrogens with one attached hydrogen (secondary N) is 1. The van der Waals surface area contributed by atoms with Crippen LogP contribution in [0.25, 0.3) is 0 Å². The molecule has 1 atom stereocenters. The molecule has 1 aliphatic rings. The fourth-order valence-electron chi connectivity index (χ4n) is 1.64. The van der Waals surface area contributed by atoms with Crippen LogP contribution in [0, 0.1) is 10.1 Å². The first-order chi connectivity index (χ1) is 7.75.